The lowest BCUT2D eigenvalue weighted by Gasteiger charge is -2.22. The predicted octanol–water partition coefficient (Wildman–Crippen LogP) is 3.08. The zero-order valence-electron chi connectivity index (χ0n) is 12.4. The molecule has 1 unspecified atom stereocenters. The second-order valence-electron chi connectivity index (χ2n) is 5.36. The van der Waals surface area contributed by atoms with Crippen molar-refractivity contribution in [2.75, 3.05) is 13.7 Å². The van der Waals surface area contributed by atoms with Crippen LogP contribution in [-0.4, -0.2) is 19.6 Å². The maximum absolute atomic E-state index is 13.5. The van der Waals surface area contributed by atoms with Crippen LogP contribution in [0, 0.1) is 5.82 Å². The van der Waals surface area contributed by atoms with Gasteiger partial charge in [-0.25, -0.2) is 4.39 Å². The zero-order valence-corrected chi connectivity index (χ0v) is 12.4. The Bertz CT molecular complexity index is 592. The van der Waals surface area contributed by atoms with Crippen molar-refractivity contribution in [2.45, 2.75) is 25.7 Å². The topological polar surface area (TPSA) is 38.3 Å². The molecule has 1 N–H and O–H groups in total. The van der Waals surface area contributed by atoms with E-state index in [1.165, 1.54) is 13.2 Å². The molecule has 0 aromatic heterocycles. The number of carbonyl (C=O) groups excluding carboxylic acids is 1. The summed E-state index contributed by atoms with van der Waals surface area (Å²) in [7, 11) is 1.47. The largest absolute Gasteiger partial charge is 0.375 e. The van der Waals surface area contributed by atoms with Crippen molar-refractivity contribution in [1.29, 1.82) is 0 Å². The van der Waals surface area contributed by atoms with Gasteiger partial charge in [0.05, 0.1) is 0 Å². The smallest absolute Gasteiger partial charge is 0.250 e. The number of nitrogens with one attached hydrogen (secondary N) is 1. The molecule has 0 saturated carbocycles. The number of hydrogen-bond donors (Lipinski definition) is 1. The van der Waals surface area contributed by atoms with Gasteiger partial charge < -0.3 is 10.1 Å². The van der Waals surface area contributed by atoms with Gasteiger partial charge in [0.15, 0.2) is 0 Å². The van der Waals surface area contributed by atoms with Crippen LogP contribution in [0.3, 0.4) is 0 Å². The molecular weight excluding hydrogens is 269 g/mol. The van der Waals surface area contributed by atoms with E-state index in [2.05, 4.69) is 18.8 Å². The standard InChI is InChI=1S/C17H20FNO2/c1-11-4-7-16(19-17(20)10-21-3)12(2)8-13-9-14(18)5-6-15(11)13/h5-7,9,11H,2,4,8,10H2,1,3H3,(H,19,20). The van der Waals surface area contributed by atoms with Crippen molar-refractivity contribution < 1.29 is 13.9 Å². The van der Waals surface area contributed by atoms with Gasteiger partial charge in [0, 0.05) is 12.8 Å². The molecule has 0 radical (unpaired) electrons. The molecule has 2 rings (SSSR count). The average molecular weight is 289 g/mol. The molecule has 1 aromatic carbocycles. The van der Waals surface area contributed by atoms with E-state index in [4.69, 9.17) is 4.74 Å². The Hall–Kier alpha value is -1.94. The molecule has 112 valence electrons. The number of allylic oxidation sites excluding steroid dienone is 2. The number of hydrogen-bond acceptors (Lipinski definition) is 2. The molecule has 1 aliphatic carbocycles. The quantitative estimate of drug-likeness (QED) is 0.928. The van der Waals surface area contributed by atoms with Gasteiger partial charge in [0.25, 0.3) is 0 Å². The van der Waals surface area contributed by atoms with Crippen molar-refractivity contribution in [3.05, 3.63) is 59.1 Å². The van der Waals surface area contributed by atoms with E-state index in [1.54, 1.807) is 6.07 Å². The van der Waals surface area contributed by atoms with Gasteiger partial charge in [-0.1, -0.05) is 25.6 Å². The lowest BCUT2D eigenvalue weighted by Crippen LogP contribution is -2.28. The van der Waals surface area contributed by atoms with E-state index >= 15 is 0 Å². The Balaban J connectivity index is 2.25. The summed E-state index contributed by atoms with van der Waals surface area (Å²) in [5.74, 6) is -0.191. The number of rotatable bonds is 3. The van der Waals surface area contributed by atoms with Crippen LogP contribution in [0.1, 0.15) is 30.4 Å². The van der Waals surface area contributed by atoms with E-state index in [-0.39, 0.29) is 24.2 Å². The van der Waals surface area contributed by atoms with E-state index in [0.29, 0.717) is 12.1 Å². The van der Waals surface area contributed by atoms with E-state index in [0.717, 1.165) is 23.1 Å². The summed E-state index contributed by atoms with van der Waals surface area (Å²) in [4.78, 5) is 11.7. The summed E-state index contributed by atoms with van der Waals surface area (Å²) in [5, 5.41) is 2.81. The van der Waals surface area contributed by atoms with Gasteiger partial charge >= 0.3 is 0 Å². The third kappa shape index (κ3) is 3.79. The van der Waals surface area contributed by atoms with Crippen LogP contribution >= 0.6 is 0 Å². The molecule has 4 heteroatoms. The molecule has 21 heavy (non-hydrogen) atoms. The van der Waals surface area contributed by atoms with Gasteiger partial charge in [-0.2, -0.15) is 0 Å². The summed E-state index contributed by atoms with van der Waals surface area (Å²) in [6.07, 6.45) is 3.27. The summed E-state index contributed by atoms with van der Waals surface area (Å²) in [5.41, 5.74) is 3.55. The molecule has 0 heterocycles. The number of methoxy groups -OCH3 is 1. The fourth-order valence-electron chi connectivity index (χ4n) is 2.56. The van der Waals surface area contributed by atoms with Crippen LogP contribution in [-0.2, 0) is 16.0 Å². The van der Waals surface area contributed by atoms with E-state index in [9.17, 15) is 9.18 Å². The summed E-state index contributed by atoms with van der Waals surface area (Å²) in [6, 6.07) is 4.88. The number of ether oxygens (including phenoxy) is 1. The lowest BCUT2D eigenvalue weighted by molar-refractivity contribution is -0.123. The van der Waals surface area contributed by atoms with Crippen LogP contribution in [0.2, 0.25) is 0 Å². The molecule has 0 spiro atoms. The molecule has 0 saturated heterocycles. The predicted molar refractivity (Wildman–Crippen MR) is 80.4 cm³/mol. The number of halogens is 1. The van der Waals surface area contributed by atoms with Gasteiger partial charge in [-0.05, 0) is 47.6 Å². The highest BCUT2D eigenvalue weighted by Gasteiger charge is 2.17. The van der Waals surface area contributed by atoms with Crippen molar-refractivity contribution in [3.63, 3.8) is 0 Å². The molecule has 1 aromatic rings. The van der Waals surface area contributed by atoms with Gasteiger partial charge in [0.2, 0.25) is 5.91 Å². The zero-order chi connectivity index (χ0) is 15.4. The molecule has 1 aliphatic rings. The number of amides is 1. The second kappa shape index (κ2) is 6.68. The fourth-order valence-corrected chi connectivity index (χ4v) is 2.56. The first kappa shape index (κ1) is 15.4. The van der Waals surface area contributed by atoms with E-state index in [1.807, 2.05) is 12.1 Å². The van der Waals surface area contributed by atoms with Crippen molar-refractivity contribution in [2.24, 2.45) is 0 Å². The SMILES string of the molecule is C=C1Cc2cc(F)ccc2C(C)CC=C1NC(=O)COC. The molecule has 1 amide bonds. The minimum atomic E-state index is -0.247. The molecule has 0 aliphatic heterocycles. The van der Waals surface area contributed by atoms with Gasteiger partial charge in [0.1, 0.15) is 12.4 Å². The first-order valence-electron chi connectivity index (χ1n) is 6.96. The average Bonchev–Trinajstić information content (AvgIpc) is 2.42. The minimum Gasteiger partial charge on any atom is -0.375 e. The van der Waals surface area contributed by atoms with Crippen LogP contribution in [0.4, 0.5) is 4.39 Å². The Labute approximate surface area is 124 Å². The molecule has 0 fully saturated rings. The number of benzene rings is 1. The molecule has 0 bridgehead atoms. The Morgan fingerprint density at radius 2 is 2.29 bits per heavy atom. The summed E-state index contributed by atoms with van der Waals surface area (Å²) < 4.78 is 18.3. The third-order valence-electron chi connectivity index (χ3n) is 3.65. The first-order valence-corrected chi connectivity index (χ1v) is 6.96. The lowest BCUT2D eigenvalue weighted by atomic mass is 9.86. The second-order valence-corrected chi connectivity index (χ2v) is 5.36. The van der Waals surface area contributed by atoms with Gasteiger partial charge in [-0.15, -0.1) is 0 Å². The van der Waals surface area contributed by atoms with Crippen LogP contribution < -0.4 is 5.32 Å². The van der Waals surface area contributed by atoms with Crippen LogP contribution in [0.15, 0.2) is 42.1 Å². The van der Waals surface area contributed by atoms with Crippen LogP contribution in [0.25, 0.3) is 0 Å². The maximum Gasteiger partial charge on any atom is 0.250 e. The minimum absolute atomic E-state index is 0.00535. The number of carbonyl (C=O) groups is 1. The Kier molecular flexibility index (Phi) is 4.91. The monoisotopic (exact) mass is 289 g/mol. The van der Waals surface area contributed by atoms with Crippen molar-refractivity contribution in [3.8, 4) is 0 Å². The Morgan fingerprint density at radius 3 is 3.00 bits per heavy atom. The highest BCUT2D eigenvalue weighted by molar-refractivity contribution is 5.80. The van der Waals surface area contributed by atoms with Crippen molar-refractivity contribution >= 4 is 5.91 Å². The molecular formula is C17H20FNO2. The third-order valence-corrected chi connectivity index (χ3v) is 3.65. The Morgan fingerprint density at radius 1 is 1.52 bits per heavy atom. The molecule has 1 atom stereocenters. The first-order chi connectivity index (χ1) is 10.0. The van der Waals surface area contributed by atoms with Crippen molar-refractivity contribution in [1.82, 2.24) is 5.32 Å². The van der Waals surface area contributed by atoms with Crippen LogP contribution in [0.5, 0.6) is 0 Å². The van der Waals surface area contributed by atoms with E-state index < -0.39 is 0 Å². The maximum atomic E-state index is 13.5. The fraction of sp³-hybridized carbons (Fsp3) is 0.353. The van der Waals surface area contributed by atoms with Gasteiger partial charge in [-0.3, -0.25) is 4.79 Å². The summed E-state index contributed by atoms with van der Waals surface area (Å²) >= 11 is 0. The highest BCUT2D eigenvalue weighted by atomic mass is 19.1. The summed E-state index contributed by atoms with van der Waals surface area (Å²) in [6.45, 7) is 6.12. The normalized spacial score (nSPS) is 18.3. The number of fused-ring (bicyclic) bond motifs is 1. The molecule has 3 nitrogen and oxygen atoms in total. The highest BCUT2D eigenvalue weighted by Crippen LogP contribution is 2.30.